The molecule has 0 bridgehead atoms. The van der Waals surface area contributed by atoms with Gasteiger partial charge in [0.2, 0.25) is 0 Å². The molecule has 116 valence electrons. The molecule has 4 heteroatoms. The molecule has 0 spiro atoms. The number of likely N-dealkylation sites (tertiary alicyclic amines) is 1. The highest BCUT2D eigenvalue weighted by atomic mass is 16.5. The molecule has 3 rings (SSSR count). The quantitative estimate of drug-likeness (QED) is 0.941. The van der Waals surface area contributed by atoms with Crippen LogP contribution in [0.5, 0.6) is 0 Å². The highest BCUT2D eigenvalue weighted by molar-refractivity contribution is 6.00. The average molecular weight is 298 g/mol. The van der Waals surface area contributed by atoms with Crippen molar-refractivity contribution in [1.29, 1.82) is 0 Å². The van der Waals surface area contributed by atoms with E-state index in [0.717, 1.165) is 36.1 Å². The van der Waals surface area contributed by atoms with E-state index < -0.39 is 0 Å². The monoisotopic (exact) mass is 298 g/mol. The van der Waals surface area contributed by atoms with Gasteiger partial charge in [0.1, 0.15) is 0 Å². The number of piperidine rings is 1. The summed E-state index contributed by atoms with van der Waals surface area (Å²) in [6.45, 7) is 4.19. The van der Waals surface area contributed by atoms with Gasteiger partial charge in [0, 0.05) is 37.7 Å². The Morgan fingerprint density at radius 2 is 2.14 bits per heavy atom. The summed E-state index contributed by atoms with van der Waals surface area (Å²) in [7, 11) is 0. The largest absolute Gasteiger partial charge is 0.377 e. The van der Waals surface area contributed by atoms with Gasteiger partial charge in [-0.15, -0.1) is 0 Å². The van der Waals surface area contributed by atoms with Gasteiger partial charge in [-0.05, 0) is 25.3 Å². The molecule has 2 heterocycles. The molecular weight excluding hydrogens is 276 g/mol. The Morgan fingerprint density at radius 3 is 2.91 bits per heavy atom. The molecule has 1 atom stereocenters. The molecule has 1 aliphatic heterocycles. The van der Waals surface area contributed by atoms with Crippen LogP contribution in [0.4, 0.5) is 0 Å². The van der Waals surface area contributed by atoms with E-state index in [1.54, 1.807) is 6.20 Å². The third-order valence-electron chi connectivity index (χ3n) is 4.13. The third kappa shape index (κ3) is 3.07. The first-order chi connectivity index (χ1) is 10.8. The van der Waals surface area contributed by atoms with E-state index in [9.17, 15) is 4.79 Å². The number of ether oxygens (including phenoxy) is 1. The van der Waals surface area contributed by atoms with Gasteiger partial charge in [-0.1, -0.05) is 30.3 Å². The molecule has 4 nitrogen and oxygen atoms in total. The summed E-state index contributed by atoms with van der Waals surface area (Å²) in [6, 6.07) is 10.0. The maximum absolute atomic E-state index is 12.9. The van der Waals surface area contributed by atoms with Crippen LogP contribution < -0.4 is 0 Å². The fourth-order valence-electron chi connectivity index (χ4n) is 3.06. The van der Waals surface area contributed by atoms with Crippen LogP contribution in [0.15, 0.2) is 42.7 Å². The number of aromatic nitrogens is 1. The van der Waals surface area contributed by atoms with Crippen molar-refractivity contribution in [1.82, 2.24) is 9.88 Å². The predicted octanol–water partition coefficient (Wildman–Crippen LogP) is 3.32. The zero-order valence-corrected chi connectivity index (χ0v) is 12.9. The van der Waals surface area contributed by atoms with E-state index in [1.807, 2.05) is 48.4 Å². The molecule has 1 fully saturated rings. The Hall–Kier alpha value is -2.07. The van der Waals surface area contributed by atoms with E-state index in [2.05, 4.69) is 4.98 Å². The van der Waals surface area contributed by atoms with Gasteiger partial charge in [0.15, 0.2) is 0 Å². The summed E-state index contributed by atoms with van der Waals surface area (Å²) in [5, 5.41) is 0. The predicted molar refractivity (Wildman–Crippen MR) is 86.8 cm³/mol. The van der Waals surface area contributed by atoms with Crippen LogP contribution in [0.25, 0.3) is 11.1 Å². The van der Waals surface area contributed by atoms with Crippen molar-refractivity contribution in [2.24, 2.45) is 0 Å². The van der Waals surface area contributed by atoms with Crippen molar-refractivity contribution in [3.8, 4) is 11.1 Å². The van der Waals surface area contributed by atoms with Crippen LogP contribution in [0, 0.1) is 0 Å². The summed E-state index contributed by atoms with van der Waals surface area (Å²) in [5.74, 6) is 0.0875. The lowest BCUT2D eigenvalue weighted by Gasteiger charge is -2.32. The number of hydrogen-bond acceptors (Lipinski definition) is 2. The molecule has 1 saturated heterocycles. The van der Waals surface area contributed by atoms with Crippen molar-refractivity contribution >= 4 is 5.91 Å². The Bertz CT molecular complexity index is 619. The van der Waals surface area contributed by atoms with Crippen molar-refractivity contribution < 1.29 is 9.53 Å². The number of nitrogens with zero attached hydrogens (tertiary/aromatic N) is 1. The van der Waals surface area contributed by atoms with Crippen LogP contribution >= 0.6 is 0 Å². The van der Waals surface area contributed by atoms with Gasteiger partial charge in [-0.25, -0.2) is 0 Å². The number of hydrogen-bond donors (Lipinski definition) is 1. The Kier molecular flexibility index (Phi) is 4.59. The summed E-state index contributed by atoms with van der Waals surface area (Å²) < 4.78 is 5.69. The first kappa shape index (κ1) is 14.9. The van der Waals surface area contributed by atoms with Gasteiger partial charge in [0.05, 0.1) is 11.7 Å². The number of benzene rings is 1. The molecule has 1 aromatic heterocycles. The zero-order chi connectivity index (χ0) is 15.4. The molecule has 22 heavy (non-hydrogen) atoms. The van der Waals surface area contributed by atoms with Crippen LogP contribution in [0.1, 0.15) is 30.1 Å². The van der Waals surface area contributed by atoms with Crippen molar-refractivity contribution in [2.45, 2.75) is 25.9 Å². The smallest absolute Gasteiger partial charge is 0.256 e. The molecule has 1 unspecified atom stereocenters. The van der Waals surface area contributed by atoms with Gasteiger partial charge in [0.25, 0.3) is 5.91 Å². The standard InChI is InChI=1S/C18H22N2O2/c1-2-22-15-9-6-10-20(13-15)18(21)17-12-19-11-16(17)14-7-4-3-5-8-14/h3-5,7-8,11-12,15,19H,2,6,9-10,13H2,1H3. The Labute approximate surface area is 131 Å². The van der Waals surface area contributed by atoms with Crippen molar-refractivity contribution in [3.63, 3.8) is 0 Å². The van der Waals surface area contributed by atoms with Crippen molar-refractivity contribution in [2.75, 3.05) is 19.7 Å². The second-order valence-corrected chi connectivity index (χ2v) is 5.62. The number of rotatable bonds is 4. The topological polar surface area (TPSA) is 45.3 Å². The van der Waals surface area contributed by atoms with Gasteiger partial charge < -0.3 is 14.6 Å². The highest BCUT2D eigenvalue weighted by Crippen LogP contribution is 2.25. The molecular formula is C18H22N2O2. The fourth-order valence-corrected chi connectivity index (χ4v) is 3.06. The summed E-state index contributed by atoms with van der Waals surface area (Å²) in [5.41, 5.74) is 2.76. The minimum atomic E-state index is 0.0875. The lowest BCUT2D eigenvalue weighted by Crippen LogP contribution is -2.43. The lowest BCUT2D eigenvalue weighted by molar-refractivity contribution is 0.00727. The van der Waals surface area contributed by atoms with E-state index in [0.29, 0.717) is 13.2 Å². The number of nitrogens with one attached hydrogen (secondary N) is 1. The van der Waals surface area contributed by atoms with Crippen LogP contribution in [0.2, 0.25) is 0 Å². The van der Waals surface area contributed by atoms with Crippen LogP contribution in [0.3, 0.4) is 0 Å². The van der Waals surface area contributed by atoms with Crippen LogP contribution in [-0.4, -0.2) is 41.6 Å². The van der Waals surface area contributed by atoms with E-state index in [4.69, 9.17) is 4.74 Å². The average Bonchev–Trinajstić information content (AvgIpc) is 3.05. The molecule has 1 aromatic carbocycles. The van der Waals surface area contributed by atoms with Gasteiger partial charge in [-0.3, -0.25) is 4.79 Å². The summed E-state index contributed by atoms with van der Waals surface area (Å²) in [4.78, 5) is 17.8. The third-order valence-corrected chi connectivity index (χ3v) is 4.13. The van der Waals surface area contributed by atoms with E-state index >= 15 is 0 Å². The molecule has 1 N–H and O–H groups in total. The number of amides is 1. The fraction of sp³-hybridized carbons (Fsp3) is 0.389. The number of carbonyl (C=O) groups is 1. The molecule has 1 aliphatic rings. The lowest BCUT2D eigenvalue weighted by atomic mass is 10.0. The second kappa shape index (κ2) is 6.79. The van der Waals surface area contributed by atoms with Crippen LogP contribution in [-0.2, 0) is 4.74 Å². The normalized spacial score (nSPS) is 18.4. The Morgan fingerprint density at radius 1 is 1.32 bits per heavy atom. The van der Waals surface area contributed by atoms with E-state index in [1.165, 1.54) is 0 Å². The molecule has 1 amide bonds. The maximum Gasteiger partial charge on any atom is 0.256 e. The second-order valence-electron chi connectivity index (χ2n) is 5.62. The molecule has 2 aromatic rings. The maximum atomic E-state index is 12.9. The van der Waals surface area contributed by atoms with Gasteiger partial charge >= 0.3 is 0 Å². The van der Waals surface area contributed by atoms with E-state index in [-0.39, 0.29) is 12.0 Å². The number of carbonyl (C=O) groups excluding carboxylic acids is 1. The number of H-pyrrole nitrogens is 1. The zero-order valence-electron chi connectivity index (χ0n) is 12.9. The summed E-state index contributed by atoms with van der Waals surface area (Å²) >= 11 is 0. The Balaban J connectivity index is 1.80. The molecule has 0 saturated carbocycles. The first-order valence-corrected chi connectivity index (χ1v) is 7.92. The van der Waals surface area contributed by atoms with Gasteiger partial charge in [-0.2, -0.15) is 0 Å². The minimum absolute atomic E-state index is 0.0875. The molecule has 0 radical (unpaired) electrons. The minimum Gasteiger partial charge on any atom is -0.377 e. The first-order valence-electron chi connectivity index (χ1n) is 7.92. The SMILES string of the molecule is CCOC1CCCN(C(=O)c2c[nH]cc2-c2ccccc2)C1. The molecule has 0 aliphatic carbocycles. The number of aromatic amines is 1. The summed E-state index contributed by atoms with van der Waals surface area (Å²) in [6.07, 6.45) is 5.90. The highest BCUT2D eigenvalue weighted by Gasteiger charge is 2.26. The van der Waals surface area contributed by atoms with Crippen molar-refractivity contribution in [3.05, 3.63) is 48.3 Å².